The average molecular weight is 157 g/mol. The number of ketones is 1. The van der Waals surface area contributed by atoms with Gasteiger partial charge in [-0.15, -0.1) is 0 Å². The van der Waals surface area contributed by atoms with Crippen LogP contribution in [0.1, 0.15) is 13.3 Å². The van der Waals surface area contributed by atoms with E-state index in [1.807, 2.05) is 6.92 Å². The van der Waals surface area contributed by atoms with Gasteiger partial charge in [0.05, 0.1) is 6.10 Å². The summed E-state index contributed by atoms with van der Waals surface area (Å²) in [6, 6.07) is -0.419. The van der Waals surface area contributed by atoms with E-state index in [9.17, 15) is 9.59 Å². The molecule has 1 N–H and O–H groups in total. The van der Waals surface area contributed by atoms with Crippen molar-refractivity contribution in [2.75, 3.05) is 6.61 Å². The van der Waals surface area contributed by atoms with Crippen LogP contribution in [0.4, 0.5) is 0 Å². The van der Waals surface area contributed by atoms with Crippen LogP contribution < -0.4 is 5.32 Å². The zero-order valence-corrected chi connectivity index (χ0v) is 6.37. The Morgan fingerprint density at radius 2 is 2.55 bits per heavy atom. The summed E-state index contributed by atoms with van der Waals surface area (Å²) in [5.74, 6) is -0.0380. The third-order valence-corrected chi connectivity index (χ3v) is 1.81. The highest BCUT2D eigenvalue weighted by Crippen LogP contribution is 2.12. The number of nitrogens with one attached hydrogen (secondary N) is 1. The van der Waals surface area contributed by atoms with E-state index >= 15 is 0 Å². The Labute approximate surface area is 64.9 Å². The predicted octanol–water partition coefficient (Wildman–Crippen LogP) is -0.521. The summed E-state index contributed by atoms with van der Waals surface area (Å²) in [6.45, 7) is 2.05. The van der Waals surface area contributed by atoms with Crippen LogP contribution in [0.15, 0.2) is 0 Å². The lowest BCUT2D eigenvalue weighted by Gasteiger charge is -2.13. The maximum absolute atomic E-state index is 11.0. The second-order valence-electron chi connectivity index (χ2n) is 2.49. The summed E-state index contributed by atoms with van der Waals surface area (Å²) in [5, 5.41) is 2.44. The molecule has 0 aromatic carbocycles. The van der Waals surface area contributed by atoms with Crippen molar-refractivity contribution in [1.29, 1.82) is 0 Å². The number of hydrogen-bond donors (Lipinski definition) is 1. The van der Waals surface area contributed by atoms with Gasteiger partial charge in [-0.25, -0.2) is 0 Å². The summed E-state index contributed by atoms with van der Waals surface area (Å²) in [7, 11) is 0. The first-order chi connectivity index (χ1) is 5.29. The van der Waals surface area contributed by atoms with E-state index in [0.29, 0.717) is 6.41 Å². The highest BCUT2D eigenvalue weighted by Gasteiger charge is 2.33. The molecule has 0 radical (unpaired) electrons. The van der Waals surface area contributed by atoms with Crippen molar-refractivity contribution in [3.8, 4) is 0 Å². The molecule has 1 heterocycles. The summed E-state index contributed by atoms with van der Waals surface area (Å²) in [5.41, 5.74) is 0. The van der Waals surface area contributed by atoms with E-state index in [-0.39, 0.29) is 18.5 Å². The summed E-state index contributed by atoms with van der Waals surface area (Å²) in [4.78, 5) is 21.0. The number of carbonyl (C=O) groups is 2. The lowest BCUT2D eigenvalue weighted by Crippen LogP contribution is -2.40. The number of amides is 1. The topological polar surface area (TPSA) is 55.4 Å². The summed E-state index contributed by atoms with van der Waals surface area (Å²) < 4.78 is 5.11. The van der Waals surface area contributed by atoms with E-state index in [1.165, 1.54) is 0 Å². The Balaban J connectivity index is 2.55. The summed E-state index contributed by atoms with van der Waals surface area (Å²) in [6.07, 6.45) is 1.16. The van der Waals surface area contributed by atoms with Crippen molar-refractivity contribution < 1.29 is 14.3 Å². The Bertz CT molecular complexity index is 169. The molecule has 62 valence electrons. The van der Waals surface area contributed by atoms with Gasteiger partial charge in [-0.3, -0.25) is 9.59 Å². The van der Waals surface area contributed by atoms with Crippen LogP contribution in [-0.2, 0) is 14.3 Å². The fourth-order valence-electron chi connectivity index (χ4n) is 1.21. The second kappa shape index (κ2) is 3.48. The monoisotopic (exact) mass is 157 g/mol. The number of Topliss-reactive ketones (excluding diaryl/α,β-unsaturated/α-hetero) is 1. The fraction of sp³-hybridized carbons (Fsp3) is 0.714. The van der Waals surface area contributed by atoms with Crippen LogP contribution in [0.3, 0.4) is 0 Å². The molecule has 4 nitrogen and oxygen atoms in total. The van der Waals surface area contributed by atoms with Crippen LogP contribution in [0.25, 0.3) is 0 Å². The van der Waals surface area contributed by atoms with Gasteiger partial charge in [0.1, 0.15) is 12.6 Å². The molecule has 1 aliphatic heterocycles. The normalized spacial score (nSPS) is 30.5. The Kier molecular flexibility index (Phi) is 2.59. The van der Waals surface area contributed by atoms with E-state index in [0.717, 1.165) is 6.42 Å². The second-order valence-corrected chi connectivity index (χ2v) is 2.49. The van der Waals surface area contributed by atoms with Gasteiger partial charge in [0.2, 0.25) is 6.41 Å². The molecule has 0 bridgehead atoms. The zero-order chi connectivity index (χ0) is 8.27. The maximum atomic E-state index is 11.0. The molecule has 0 aromatic heterocycles. The first-order valence-electron chi connectivity index (χ1n) is 3.63. The molecule has 1 aliphatic rings. The molecule has 2 atom stereocenters. The molecule has 1 saturated heterocycles. The van der Waals surface area contributed by atoms with Crippen molar-refractivity contribution in [1.82, 2.24) is 5.32 Å². The Hall–Kier alpha value is -0.900. The molecule has 11 heavy (non-hydrogen) atoms. The van der Waals surface area contributed by atoms with Crippen LogP contribution in [0, 0.1) is 0 Å². The first-order valence-corrected chi connectivity index (χ1v) is 3.63. The standard InChI is InChI=1S/C7H11NO3/c1-2-6-7(8-4-9)5(10)3-11-6/h4,6-7H,2-3H2,1H3,(H,8,9). The predicted molar refractivity (Wildman–Crippen MR) is 38.0 cm³/mol. The first kappa shape index (κ1) is 8.20. The van der Waals surface area contributed by atoms with Crippen molar-refractivity contribution in [3.63, 3.8) is 0 Å². The molecule has 4 heteroatoms. The SMILES string of the molecule is CCC1OCC(=O)C1NC=O. The molecule has 2 unspecified atom stereocenters. The van der Waals surface area contributed by atoms with Gasteiger partial charge >= 0.3 is 0 Å². The molecule has 0 spiro atoms. The van der Waals surface area contributed by atoms with Gasteiger partial charge in [0.15, 0.2) is 5.78 Å². The number of hydrogen-bond acceptors (Lipinski definition) is 3. The number of carbonyl (C=O) groups excluding carboxylic acids is 2. The van der Waals surface area contributed by atoms with Crippen molar-refractivity contribution in [2.24, 2.45) is 0 Å². The van der Waals surface area contributed by atoms with E-state index in [4.69, 9.17) is 4.74 Å². The van der Waals surface area contributed by atoms with Crippen molar-refractivity contribution >= 4 is 12.2 Å². The molecule has 1 amide bonds. The molecule has 0 aliphatic carbocycles. The van der Waals surface area contributed by atoms with E-state index in [2.05, 4.69) is 5.32 Å². The van der Waals surface area contributed by atoms with Gasteiger partial charge < -0.3 is 10.1 Å². The molecular formula is C7H11NO3. The third kappa shape index (κ3) is 1.57. The Morgan fingerprint density at radius 3 is 3.09 bits per heavy atom. The molecular weight excluding hydrogens is 146 g/mol. The van der Waals surface area contributed by atoms with Crippen LogP contribution in [-0.4, -0.2) is 30.9 Å². The van der Waals surface area contributed by atoms with Crippen LogP contribution in [0.5, 0.6) is 0 Å². The molecule has 1 fully saturated rings. The lowest BCUT2D eigenvalue weighted by atomic mass is 10.1. The Morgan fingerprint density at radius 1 is 1.82 bits per heavy atom. The quantitative estimate of drug-likeness (QED) is 0.561. The van der Waals surface area contributed by atoms with Crippen LogP contribution >= 0.6 is 0 Å². The van der Waals surface area contributed by atoms with Gasteiger partial charge in [-0.05, 0) is 6.42 Å². The minimum atomic E-state index is -0.419. The van der Waals surface area contributed by atoms with Gasteiger partial charge in [0.25, 0.3) is 0 Å². The van der Waals surface area contributed by atoms with Gasteiger partial charge in [0, 0.05) is 0 Å². The molecule has 1 rings (SSSR count). The summed E-state index contributed by atoms with van der Waals surface area (Å²) >= 11 is 0. The number of ether oxygens (including phenoxy) is 1. The zero-order valence-electron chi connectivity index (χ0n) is 6.37. The fourth-order valence-corrected chi connectivity index (χ4v) is 1.21. The van der Waals surface area contributed by atoms with E-state index in [1.54, 1.807) is 0 Å². The molecule has 0 saturated carbocycles. The maximum Gasteiger partial charge on any atom is 0.207 e. The van der Waals surface area contributed by atoms with Crippen molar-refractivity contribution in [3.05, 3.63) is 0 Å². The average Bonchev–Trinajstić information content (AvgIpc) is 2.34. The van der Waals surface area contributed by atoms with E-state index < -0.39 is 6.04 Å². The van der Waals surface area contributed by atoms with Crippen LogP contribution in [0.2, 0.25) is 0 Å². The third-order valence-electron chi connectivity index (χ3n) is 1.81. The van der Waals surface area contributed by atoms with Gasteiger partial charge in [-0.2, -0.15) is 0 Å². The van der Waals surface area contributed by atoms with Crippen molar-refractivity contribution in [2.45, 2.75) is 25.5 Å². The lowest BCUT2D eigenvalue weighted by molar-refractivity contribution is -0.121. The van der Waals surface area contributed by atoms with Gasteiger partial charge in [-0.1, -0.05) is 6.92 Å². The largest absolute Gasteiger partial charge is 0.368 e. The molecule has 0 aromatic rings. The minimum absolute atomic E-state index is 0.0380. The highest BCUT2D eigenvalue weighted by atomic mass is 16.5. The smallest absolute Gasteiger partial charge is 0.207 e. The number of rotatable bonds is 3. The highest BCUT2D eigenvalue weighted by molar-refractivity contribution is 5.89. The minimum Gasteiger partial charge on any atom is -0.368 e.